The Balaban J connectivity index is 3.04. The highest BCUT2D eigenvalue weighted by molar-refractivity contribution is 5.41. The fourth-order valence-corrected chi connectivity index (χ4v) is 1.23. The first-order valence-corrected chi connectivity index (χ1v) is 4.62. The number of hydrogen-bond acceptors (Lipinski definition) is 1. The Labute approximate surface area is 95.9 Å². The van der Waals surface area contributed by atoms with Crippen molar-refractivity contribution in [3.05, 3.63) is 45.3 Å². The molecule has 0 saturated carbocycles. The molecule has 6 heteroatoms. The number of benzene rings is 1. The zero-order valence-electron chi connectivity index (χ0n) is 8.91. The lowest BCUT2D eigenvalue weighted by Crippen LogP contribution is -2.05. The Morgan fingerprint density at radius 3 is 2.65 bits per heavy atom. The van der Waals surface area contributed by atoms with E-state index in [0.29, 0.717) is 5.56 Å². The summed E-state index contributed by atoms with van der Waals surface area (Å²) in [6, 6.07) is 3.56. The molecule has 0 amide bonds. The molecule has 0 N–H and O–H groups in total. The van der Waals surface area contributed by atoms with Crippen LogP contribution in [-0.4, -0.2) is 6.54 Å². The van der Waals surface area contributed by atoms with Gasteiger partial charge in [0, 0.05) is 10.5 Å². The second-order valence-corrected chi connectivity index (χ2v) is 3.28. The molecule has 0 bridgehead atoms. The Kier molecular flexibility index (Phi) is 4.02. The molecule has 0 unspecified atom stereocenters. The van der Waals surface area contributed by atoms with Gasteiger partial charge in [-0.3, -0.25) is 0 Å². The molecule has 3 nitrogen and oxygen atoms in total. The molecule has 0 heterocycles. The van der Waals surface area contributed by atoms with Crippen molar-refractivity contribution in [2.24, 2.45) is 5.11 Å². The number of rotatable bonds is 1. The van der Waals surface area contributed by atoms with Gasteiger partial charge in [0.25, 0.3) is 0 Å². The number of nitrogens with zero attached hydrogens (tertiary/aromatic N) is 3. The van der Waals surface area contributed by atoms with E-state index in [1.54, 1.807) is 13.0 Å². The predicted molar refractivity (Wildman–Crippen MR) is 57.1 cm³/mol. The first-order chi connectivity index (χ1) is 7.93. The fourth-order valence-electron chi connectivity index (χ4n) is 1.23. The summed E-state index contributed by atoms with van der Waals surface area (Å²) in [6.07, 6.45) is -4.38. The van der Waals surface area contributed by atoms with Gasteiger partial charge in [-0.15, -0.1) is 0 Å². The molecule has 17 heavy (non-hydrogen) atoms. The summed E-state index contributed by atoms with van der Waals surface area (Å²) in [4.78, 5) is 2.48. The van der Waals surface area contributed by atoms with Crippen molar-refractivity contribution in [1.82, 2.24) is 0 Å². The molecular formula is C11H8F3N3. The number of azide groups is 1. The van der Waals surface area contributed by atoms with E-state index in [1.807, 2.05) is 0 Å². The summed E-state index contributed by atoms with van der Waals surface area (Å²) < 4.78 is 37.4. The van der Waals surface area contributed by atoms with Gasteiger partial charge >= 0.3 is 6.18 Å². The third-order valence-electron chi connectivity index (χ3n) is 1.85. The maximum absolute atomic E-state index is 12.5. The lowest BCUT2D eigenvalue weighted by molar-refractivity contribution is -0.137. The smallest absolute Gasteiger partial charge is 0.166 e. The van der Waals surface area contributed by atoms with Crippen LogP contribution in [0.4, 0.5) is 13.2 Å². The second kappa shape index (κ2) is 5.28. The van der Waals surface area contributed by atoms with Crippen LogP contribution < -0.4 is 0 Å². The number of hydrogen-bond donors (Lipinski definition) is 0. The zero-order valence-corrected chi connectivity index (χ0v) is 8.91. The molecule has 0 fully saturated rings. The molecule has 0 radical (unpaired) electrons. The summed E-state index contributed by atoms with van der Waals surface area (Å²) in [7, 11) is 0. The van der Waals surface area contributed by atoms with Crippen LogP contribution in [-0.2, 0) is 6.18 Å². The average molecular weight is 239 g/mol. The largest absolute Gasteiger partial charge is 0.416 e. The lowest BCUT2D eigenvalue weighted by Gasteiger charge is -2.07. The summed E-state index contributed by atoms with van der Waals surface area (Å²) in [6.45, 7) is 1.50. The van der Waals surface area contributed by atoms with Crippen LogP contribution in [0.5, 0.6) is 0 Å². The summed E-state index contributed by atoms with van der Waals surface area (Å²) in [5, 5.41) is 3.17. The van der Waals surface area contributed by atoms with Gasteiger partial charge in [-0.1, -0.05) is 17.0 Å². The van der Waals surface area contributed by atoms with Crippen LogP contribution in [0.2, 0.25) is 0 Å². The van der Waals surface area contributed by atoms with Crippen LogP contribution in [0.25, 0.3) is 10.4 Å². The number of alkyl halides is 3. The van der Waals surface area contributed by atoms with E-state index in [0.717, 1.165) is 12.1 Å². The van der Waals surface area contributed by atoms with Crippen molar-refractivity contribution in [3.63, 3.8) is 0 Å². The Hall–Kier alpha value is -2.12. The van der Waals surface area contributed by atoms with E-state index >= 15 is 0 Å². The molecule has 0 aromatic heterocycles. The van der Waals surface area contributed by atoms with Gasteiger partial charge in [0.15, 0.2) is 0 Å². The minimum Gasteiger partial charge on any atom is -0.166 e. The van der Waals surface area contributed by atoms with E-state index in [1.165, 1.54) is 0 Å². The van der Waals surface area contributed by atoms with Crippen molar-refractivity contribution < 1.29 is 13.2 Å². The van der Waals surface area contributed by atoms with Crippen LogP contribution in [0.15, 0.2) is 23.3 Å². The van der Waals surface area contributed by atoms with Gasteiger partial charge in [-0.05, 0) is 36.2 Å². The highest BCUT2D eigenvalue weighted by Gasteiger charge is 2.30. The first kappa shape index (κ1) is 12.9. The Bertz CT molecular complexity index is 517. The highest BCUT2D eigenvalue weighted by atomic mass is 19.4. The van der Waals surface area contributed by atoms with Crippen LogP contribution in [0.3, 0.4) is 0 Å². The first-order valence-electron chi connectivity index (χ1n) is 4.62. The van der Waals surface area contributed by atoms with Crippen molar-refractivity contribution in [1.29, 1.82) is 0 Å². The molecule has 1 aromatic rings. The molecule has 0 spiro atoms. The molecule has 0 aliphatic carbocycles. The van der Waals surface area contributed by atoms with Gasteiger partial charge < -0.3 is 0 Å². The van der Waals surface area contributed by atoms with Gasteiger partial charge in [-0.25, -0.2) is 0 Å². The molecule has 88 valence electrons. The highest BCUT2D eigenvalue weighted by Crippen LogP contribution is 2.30. The van der Waals surface area contributed by atoms with Crippen molar-refractivity contribution >= 4 is 0 Å². The summed E-state index contributed by atoms with van der Waals surface area (Å²) in [5.74, 6) is 4.99. The molecule has 0 saturated heterocycles. The van der Waals surface area contributed by atoms with Gasteiger partial charge in [-0.2, -0.15) is 13.2 Å². The zero-order chi connectivity index (χ0) is 12.9. The molecule has 1 aromatic carbocycles. The number of aryl methyl sites for hydroxylation is 1. The van der Waals surface area contributed by atoms with E-state index in [4.69, 9.17) is 5.53 Å². The Morgan fingerprint density at radius 2 is 2.06 bits per heavy atom. The monoisotopic (exact) mass is 239 g/mol. The average Bonchev–Trinajstić information content (AvgIpc) is 2.22. The molecule has 0 aliphatic heterocycles. The normalized spacial score (nSPS) is 10.1. The maximum Gasteiger partial charge on any atom is 0.416 e. The predicted octanol–water partition coefficient (Wildman–Crippen LogP) is 3.68. The van der Waals surface area contributed by atoms with Crippen LogP contribution >= 0.6 is 0 Å². The summed E-state index contributed by atoms with van der Waals surface area (Å²) >= 11 is 0. The van der Waals surface area contributed by atoms with Crippen molar-refractivity contribution in [3.8, 4) is 11.8 Å². The third-order valence-corrected chi connectivity index (χ3v) is 1.85. The van der Waals surface area contributed by atoms with Gasteiger partial charge in [0.1, 0.15) is 0 Å². The van der Waals surface area contributed by atoms with E-state index < -0.39 is 11.7 Å². The fraction of sp³-hybridized carbons (Fsp3) is 0.273. The van der Waals surface area contributed by atoms with Gasteiger partial charge in [0.2, 0.25) is 0 Å². The van der Waals surface area contributed by atoms with E-state index in [2.05, 4.69) is 21.9 Å². The van der Waals surface area contributed by atoms with Crippen LogP contribution in [0, 0.1) is 18.8 Å². The quantitative estimate of drug-likeness (QED) is 0.310. The number of halogens is 3. The van der Waals surface area contributed by atoms with Crippen molar-refractivity contribution in [2.45, 2.75) is 13.1 Å². The van der Waals surface area contributed by atoms with Crippen molar-refractivity contribution in [2.75, 3.05) is 6.54 Å². The minimum atomic E-state index is -4.38. The summed E-state index contributed by atoms with van der Waals surface area (Å²) in [5.41, 5.74) is 8.00. The topological polar surface area (TPSA) is 48.8 Å². The minimum absolute atomic E-state index is 0.0637. The second-order valence-electron chi connectivity index (χ2n) is 3.28. The third kappa shape index (κ3) is 4.09. The molecule has 1 rings (SSSR count). The lowest BCUT2D eigenvalue weighted by atomic mass is 10.1. The standard InChI is InChI=1S/C11H8F3N3/c1-8-5-9(3-2-4-16-17-15)7-10(6-8)11(12,13)14/h5-7H,4H2,1H3. The van der Waals surface area contributed by atoms with E-state index in [9.17, 15) is 13.2 Å². The maximum atomic E-state index is 12.5. The van der Waals surface area contributed by atoms with Gasteiger partial charge in [0.05, 0.1) is 12.1 Å². The SMILES string of the molecule is Cc1cc(C#CCN=[N+]=[N-])cc(C(F)(F)F)c1. The van der Waals surface area contributed by atoms with E-state index in [-0.39, 0.29) is 12.1 Å². The van der Waals surface area contributed by atoms with Crippen LogP contribution in [0.1, 0.15) is 16.7 Å². The molecule has 0 atom stereocenters. The molecule has 0 aliphatic rings. The Morgan fingerprint density at radius 1 is 1.35 bits per heavy atom. The molecular weight excluding hydrogens is 231 g/mol.